The van der Waals surface area contributed by atoms with Gasteiger partial charge in [-0.25, -0.2) is 4.98 Å². The maximum absolute atomic E-state index is 12.2. The first-order valence-electron chi connectivity index (χ1n) is 6.35. The number of anilines is 1. The Morgan fingerprint density at radius 1 is 1.32 bits per heavy atom. The molecule has 0 radical (unpaired) electrons. The summed E-state index contributed by atoms with van der Waals surface area (Å²) in [6.07, 6.45) is 0. The zero-order valence-electron chi connectivity index (χ0n) is 12.2. The Labute approximate surface area is 130 Å². The van der Waals surface area contributed by atoms with Crippen LogP contribution in [0.4, 0.5) is 10.8 Å². The van der Waals surface area contributed by atoms with Gasteiger partial charge in [-0.2, -0.15) is 0 Å². The number of aromatic nitrogens is 1. The second kappa shape index (κ2) is 6.02. The van der Waals surface area contributed by atoms with Crippen molar-refractivity contribution in [2.75, 3.05) is 5.32 Å². The van der Waals surface area contributed by atoms with Gasteiger partial charge >= 0.3 is 0 Å². The Bertz CT molecular complexity index is 782. The number of hydrogen-bond acceptors (Lipinski definition) is 6. The number of aryl methyl sites for hydroxylation is 1. The molecule has 0 aliphatic heterocycles. The third-order valence-electron chi connectivity index (χ3n) is 3.08. The Kier molecular flexibility index (Phi) is 4.32. The third-order valence-corrected chi connectivity index (χ3v) is 4.26. The van der Waals surface area contributed by atoms with Crippen LogP contribution in [-0.4, -0.2) is 21.6 Å². The summed E-state index contributed by atoms with van der Waals surface area (Å²) in [5, 5.41) is 13.8. The number of ketones is 1. The van der Waals surface area contributed by atoms with Crippen LogP contribution in [0.3, 0.4) is 0 Å². The second-order valence-electron chi connectivity index (χ2n) is 4.65. The Morgan fingerprint density at radius 2 is 2.00 bits per heavy atom. The molecule has 114 valence electrons. The predicted octanol–water partition coefficient (Wildman–Crippen LogP) is 3.12. The molecule has 0 bridgehead atoms. The van der Waals surface area contributed by atoms with Gasteiger partial charge in [0.05, 0.1) is 15.5 Å². The van der Waals surface area contributed by atoms with E-state index in [1.165, 1.54) is 32.0 Å². The Balaban J connectivity index is 2.30. The average Bonchev–Trinajstić information content (AvgIpc) is 2.79. The molecule has 1 aromatic carbocycles. The molecule has 8 heteroatoms. The van der Waals surface area contributed by atoms with Gasteiger partial charge in [0, 0.05) is 24.1 Å². The molecule has 0 atom stereocenters. The number of carbonyl (C=O) groups is 2. The predicted molar refractivity (Wildman–Crippen MR) is 82.6 cm³/mol. The number of carbonyl (C=O) groups excluding carboxylic acids is 2. The molecule has 7 nitrogen and oxygen atoms in total. The van der Waals surface area contributed by atoms with Crippen molar-refractivity contribution in [2.24, 2.45) is 0 Å². The van der Waals surface area contributed by atoms with E-state index >= 15 is 0 Å². The number of nitro groups is 1. The minimum atomic E-state index is -0.534. The van der Waals surface area contributed by atoms with E-state index in [9.17, 15) is 19.7 Å². The fourth-order valence-corrected chi connectivity index (χ4v) is 2.86. The first-order chi connectivity index (χ1) is 10.3. The molecule has 1 amide bonds. The minimum absolute atomic E-state index is 0.118. The van der Waals surface area contributed by atoms with Crippen LogP contribution in [0.1, 0.15) is 38.2 Å². The lowest BCUT2D eigenvalue weighted by Crippen LogP contribution is -2.14. The molecule has 0 spiro atoms. The van der Waals surface area contributed by atoms with Crippen molar-refractivity contribution in [3.63, 3.8) is 0 Å². The maximum Gasteiger partial charge on any atom is 0.273 e. The normalized spacial score (nSPS) is 10.3. The van der Waals surface area contributed by atoms with Crippen molar-refractivity contribution in [3.8, 4) is 0 Å². The molecule has 0 unspecified atom stereocenters. The number of Topliss-reactive ketones (excluding diaryl/α,β-unsaturated/α-hetero) is 1. The summed E-state index contributed by atoms with van der Waals surface area (Å²) < 4.78 is 0. The summed E-state index contributed by atoms with van der Waals surface area (Å²) in [6.45, 7) is 4.62. The summed E-state index contributed by atoms with van der Waals surface area (Å²) >= 11 is 1.08. The number of hydrogen-bond donors (Lipinski definition) is 1. The van der Waals surface area contributed by atoms with Gasteiger partial charge in [0.25, 0.3) is 11.6 Å². The smallest absolute Gasteiger partial charge is 0.273 e. The van der Waals surface area contributed by atoms with E-state index in [0.29, 0.717) is 15.7 Å². The summed E-state index contributed by atoms with van der Waals surface area (Å²) in [4.78, 5) is 38.6. The highest BCUT2D eigenvalue weighted by Gasteiger charge is 2.19. The monoisotopic (exact) mass is 319 g/mol. The molecule has 2 rings (SSSR count). The largest absolute Gasteiger partial charge is 0.298 e. The van der Waals surface area contributed by atoms with Crippen LogP contribution in [0.25, 0.3) is 0 Å². The number of nitrogens with one attached hydrogen (secondary N) is 1. The lowest BCUT2D eigenvalue weighted by Gasteiger charge is -2.05. The molecule has 1 heterocycles. The highest BCUT2D eigenvalue weighted by molar-refractivity contribution is 7.17. The van der Waals surface area contributed by atoms with Gasteiger partial charge in [-0.15, -0.1) is 0 Å². The number of nitrogens with zero attached hydrogens (tertiary/aromatic N) is 2. The Morgan fingerprint density at radius 3 is 2.55 bits per heavy atom. The lowest BCUT2D eigenvalue weighted by atomic mass is 10.1. The first kappa shape index (κ1) is 15.8. The van der Waals surface area contributed by atoms with E-state index in [1.54, 1.807) is 6.92 Å². The summed E-state index contributed by atoms with van der Waals surface area (Å²) in [5.74, 6) is -0.618. The standard InChI is InChI=1S/C14H13N3O4S/c1-7-10(5-4-6-11(7)17(20)21)13(19)16-14-15-8(2)12(22-14)9(3)18/h4-6H,1-3H3,(H,15,16,19). The van der Waals surface area contributed by atoms with Crippen molar-refractivity contribution < 1.29 is 14.5 Å². The van der Waals surface area contributed by atoms with Gasteiger partial charge in [-0.05, 0) is 19.9 Å². The van der Waals surface area contributed by atoms with E-state index in [4.69, 9.17) is 0 Å². The van der Waals surface area contributed by atoms with E-state index in [0.717, 1.165) is 11.3 Å². The van der Waals surface area contributed by atoms with Crippen molar-refractivity contribution in [1.82, 2.24) is 4.98 Å². The number of nitro benzene ring substituents is 1. The second-order valence-corrected chi connectivity index (χ2v) is 5.65. The van der Waals surface area contributed by atoms with Gasteiger partial charge in [0.2, 0.25) is 0 Å². The molecule has 1 aromatic heterocycles. The van der Waals surface area contributed by atoms with Gasteiger partial charge in [0.15, 0.2) is 10.9 Å². The van der Waals surface area contributed by atoms with Gasteiger partial charge in [-0.1, -0.05) is 17.4 Å². The van der Waals surface area contributed by atoms with Crippen LogP contribution in [-0.2, 0) is 0 Å². The van der Waals surface area contributed by atoms with Gasteiger partial charge in [0.1, 0.15) is 0 Å². The van der Waals surface area contributed by atoms with Crippen molar-refractivity contribution >= 4 is 33.8 Å². The summed E-state index contributed by atoms with van der Waals surface area (Å²) in [5.41, 5.74) is 0.910. The van der Waals surface area contributed by atoms with E-state index in [-0.39, 0.29) is 22.6 Å². The average molecular weight is 319 g/mol. The molecule has 0 saturated heterocycles. The first-order valence-corrected chi connectivity index (χ1v) is 7.16. The maximum atomic E-state index is 12.2. The molecule has 2 aromatic rings. The number of rotatable bonds is 4. The van der Waals surface area contributed by atoms with Gasteiger partial charge < -0.3 is 0 Å². The van der Waals surface area contributed by atoms with Crippen LogP contribution in [0.2, 0.25) is 0 Å². The van der Waals surface area contributed by atoms with Crippen LogP contribution in [0.5, 0.6) is 0 Å². The van der Waals surface area contributed by atoms with E-state index in [2.05, 4.69) is 10.3 Å². The molecule has 0 aliphatic rings. The molecular formula is C14H13N3O4S. The van der Waals surface area contributed by atoms with E-state index in [1.807, 2.05) is 0 Å². The number of amides is 1. The fourth-order valence-electron chi connectivity index (χ4n) is 2.01. The SMILES string of the molecule is CC(=O)c1sc(NC(=O)c2cccc([N+](=O)[O-])c2C)nc1C. The molecule has 0 fully saturated rings. The third kappa shape index (κ3) is 3.01. The molecule has 22 heavy (non-hydrogen) atoms. The van der Waals surface area contributed by atoms with Crippen LogP contribution in [0.15, 0.2) is 18.2 Å². The zero-order valence-corrected chi connectivity index (χ0v) is 13.0. The van der Waals surface area contributed by atoms with Crippen LogP contribution in [0, 0.1) is 24.0 Å². The van der Waals surface area contributed by atoms with Crippen molar-refractivity contribution in [3.05, 3.63) is 50.0 Å². The molecular weight excluding hydrogens is 306 g/mol. The minimum Gasteiger partial charge on any atom is -0.298 e. The molecule has 0 aliphatic carbocycles. The quantitative estimate of drug-likeness (QED) is 0.530. The lowest BCUT2D eigenvalue weighted by molar-refractivity contribution is -0.385. The van der Waals surface area contributed by atoms with E-state index < -0.39 is 10.8 Å². The molecule has 1 N–H and O–H groups in total. The molecule has 0 saturated carbocycles. The highest BCUT2D eigenvalue weighted by Crippen LogP contribution is 2.25. The van der Waals surface area contributed by atoms with Gasteiger partial charge in [-0.3, -0.25) is 25.0 Å². The van der Waals surface area contributed by atoms with Crippen LogP contribution < -0.4 is 5.32 Å². The van der Waals surface area contributed by atoms with Crippen molar-refractivity contribution in [2.45, 2.75) is 20.8 Å². The summed E-state index contributed by atoms with van der Waals surface area (Å²) in [6, 6.07) is 4.30. The topological polar surface area (TPSA) is 102 Å². The number of thiazole rings is 1. The van der Waals surface area contributed by atoms with Crippen LogP contribution >= 0.6 is 11.3 Å². The highest BCUT2D eigenvalue weighted by atomic mass is 32.1. The zero-order chi connectivity index (χ0) is 16.4. The fraction of sp³-hybridized carbons (Fsp3) is 0.214. The Hall–Kier alpha value is -2.61. The summed E-state index contributed by atoms with van der Waals surface area (Å²) in [7, 11) is 0. The number of benzene rings is 1. The van der Waals surface area contributed by atoms with Crippen molar-refractivity contribution in [1.29, 1.82) is 0 Å².